The highest BCUT2D eigenvalue weighted by Gasteiger charge is 2.34. The first-order chi connectivity index (χ1) is 15.8. The Balaban J connectivity index is 1.52. The van der Waals surface area contributed by atoms with Crippen molar-refractivity contribution in [2.24, 2.45) is 5.92 Å². The number of carboxylic acid groups (broad SMARTS) is 1. The SMILES string of the molecule is CCC(CNC(=O)OCC1c2ccccc2-c2ccccc21)CC(=O)NC(C)(CO)C(=O)O. The van der Waals surface area contributed by atoms with Crippen LogP contribution in [0.4, 0.5) is 4.79 Å². The maximum atomic E-state index is 12.3. The number of carbonyl (C=O) groups is 3. The summed E-state index contributed by atoms with van der Waals surface area (Å²) in [6, 6.07) is 16.2. The van der Waals surface area contributed by atoms with Crippen LogP contribution in [0.2, 0.25) is 0 Å². The highest BCUT2D eigenvalue weighted by Crippen LogP contribution is 2.44. The lowest BCUT2D eigenvalue weighted by molar-refractivity contribution is -0.148. The normalized spacial score (nSPS) is 15.0. The van der Waals surface area contributed by atoms with Crippen LogP contribution in [0.15, 0.2) is 48.5 Å². The third-order valence-corrected chi connectivity index (χ3v) is 6.13. The van der Waals surface area contributed by atoms with E-state index in [4.69, 9.17) is 4.74 Å². The number of carbonyl (C=O) groups excluding carboxylic acids is 2. The first kappa shape index (κ1) is 24.3. The molecule has 4 N–H and O–H groups in total. The molecular weight excluding hydrogens is 424 g/mol. The lowest BCUT2D eigenvalue weighted by Crippen LogP contribution is -2.55. The van der Waals surface area contributed by atoms with Crippen molar-refractivity contribution in [2.75, 3.05) is 19.8 Å². The second-order valence-electron chi connectivity index (χ2n) is 8.53. The second kappa shape index (κ2) is 10.5. The average molecular weight is 455 g/mol. The van der Waals surface area contributed by atoms with Gasteiger partial charge in [0.2, 0.25) is 5.91 Å². The Morgan fingerprint density at radius 1 is 1.06 bits per heavy atom. The summed E-state index contributed by atoms with van der Waals surface area (Å²) >= 11 is 0. The molecule has 0 saturated carbocycles. The fourth-order valence-electron chi connectivity index (χ4n) is 4.02. The molecule has 176 valence electrons. The minimum atomic E-state index is -1.74. The van der Waals surface area contributed by atoms with Crippen molar-refractivity contribution in [1.29, 1.82) is 0 Å². The molecule has 2 amide bonds. The molecule has 0 heterocycles. The van der Waals surface area contributed by atoms with E-state index < -0.39 is 30.1 Å². The lowest BCUT2D eigenvalue weighted by atomic mass is 9.98. The van der Waals surface area contributed by atoms with Gasteiger partial charge in [-0.05, 0) is 35.1 Å². The zero-order chi connectivity index (χ0) is 24.0. The van der Waals surface area contributed by atoms with Crippen LogP contribution in [0.25, 0.3) is 11.1 Å². The maximum absolute atomic E-state index is 12.3. The van der Waals surface area contributed by atoms with Gasteiger partial charge in [-0.15, -0.1) is 0 Å². The number of carboxylic acids is 1. The standard InChI is InChI=1S/C25H30N2O6/c1-3-16(12-22(29)27-25(2,15-28)23(30)31)13-26-24(32)33-14-21-19-10-6-4-8-17(19)18-9-5-7-11-20(18)21/h4-11,16,21,28H,3,12-15H2,1-2H3,(H,26,32)(H,27,29)(H,30,31). The number of alkyl carbamates (subject to hydrolysis) is 1. The van der Waals surface area contributed by atoms with Crippen LogP contribution in [0.5, 0.6) is 0 Å². The van der Waals surface area contributed by atoms with Crippen molar-refractivity contribution in [1.82, 2.24) is 10.6 Å². The van der Waals surface area contributed by atoms with Gasteiger partial charge in [0.15, 0.2) is 5.54 Å². The van der Waals surface area contributed by atoms with E-state index in [1.165, 1.54) is 6.92 Å². The van der Waals surface area contributed by atoms with Gasteiger partial charge in [0.1, 0.15) is 6.61 Å². The van der Waals surface area contributed by atoms with Crippen molar-refractivity contribution in [3.8, 4) is 11.1 Å². The topological polar surface area (TPSA) is 125 Å². The van der Waals surface area contributed by atoms with Crippen molar-refractivity contribution in [3.63, 3.8) is 0 Å². The molecule has 2 aromatic carbocycles. The highest BCUT2D eigenvalue weighted by atomic mass is 16.5. The monoisotopic (exact) mass is 454 g/mol. The van der Waals surface area contributed by atoms with Crippen molar-refractivity contribution < 1.29 is 29.3 Å². The van der Waals surface area contributed by atoms with E-state index in [2.05, 4.69) is 22.8 Å². The Morgan fingerprint density at radius 3 is 2.15 bits per heavy atom. The molecular formula is C25H30N2O6. The van der Waals surface area contributed by atoms with E-state index in [-0.39, 0.29) is 31.4 Å². The molecule has 8 nitrogen and oxygen atoms in total. The summed E-state index contributed by atoms with van der Waals surface area (Å²) in [5.74, 6) is -2.07. The van der Waals surface area contributed by atoms with E-state index in [0.29, 0.717) is 6.42 Å². The fraction of sp³-hybridized carbons (Fsp3) is 0.400. The molecule has 2 atom stereocenters. The molecule has 0 saturated heterocycles. The Morgan fingerprint density at radius 2 is 1.64 bits per heavy atom. The van der Waals surface area contributed by atoms with E-state index in [9.17, 15) is 24.6 Å². The molecule has 33 heavy (non-hydrogen) atoms. The Labute approximate surface area is 193 Å². The first-order valence-corrected chi connectivity index (χ1v) is 11.0. The number of amides is 2. The van der Waals surface area contributed by atoms with Gasteiger partial charge in [0.25, 0.3) is 0 Å². The smallest absolute Gasteiger partial charge is 0.407 e. The van der Waals surface area contributed by atoms with Gasteiger partial charge < -0.3 is 25.6 Å². The van der Waals surface area contributed by atoms with Crippen LogP contribution in [-0.4, -0.2) is 53.5 Å². The number of rotatable bonds is 10. The molecule has 1 aliphatic rings. The van der Waals surface area contributed by atoms with E-state index in [1.807, 2.05) is 43.3 Å². The predicted molar refractivity (Wildman–Crippen MR) is 123 cm³/mol. The van der Waals surface area contributed by atoms with Gasteiger partial charge in [-0.1, -0.05) is 61.9 Å². The summed E-state index contributed by atoms with van der Waals surface area (Å²) in [4.78, 5) is 35.8. The van der Waals surface area contributed by atoms with Gasteiger partial charge in [0.05, 0.1) is 6.61 Å². The Kier molecular flexibility index (Phi) is 7.71. The third-order valence-electron chi connectivity index (χ3n) is 6.13. The van der Waals surface area contributed by atoms with Crippen LogP contribution >= 0.6 is 0 Å². The molecule has 0 radical (unpaired) electrons. The van der Waals surface area contributed by atoms with Gasteiger partial charge in [-0.3, -0.25) is 4.79 Å². The molecule has 2 aromatic rings. The van der Waals surface area contributed by atoms with E-state index >= 15 is 0 Å². The van der Waals surface area contributed by atoms with Crippen LogP contribution in [-0.2, 0) is 14.3 Å². The predicted octanol–water partition coefficient (Wildman–Crippen LogP) is 2.89. The summed E-state index contributed by atoms with van der Waals surface area (Å²) in [6.07, 6.45) is 0.0460. The van der Waals surface area contributed by atoms with Crippen molar-refractivity contribution >= 4 is 18.0 Å². The number of hydrogen-bond acceptors (Lipinski definition) is 5. The zero-order valence-corrected chi connectivity index (χ0v) is 18.8. The number of ether oxygens (including phenoxy) is 1. The average Bonchev–Trinajstić information content (AvgIpc) is 3.13. The van der Waals surface area contributed by atoms with Crippen molar-refractivity contribution in [3.05, 3.63) is 59.7 Å². The van der Waals surface area contributed by atoms with Crippen LogP contribution in [0.1, 0.15) is 43.7 Å². The molecule has 0 bridgehead atoms. The minimum Gasteiger partial charge on any atom is -0.479 e. The van der Waals surface area contributed by atoms with Crippen molar-refractivity contribution in [2.45, 2.75) is 38.1 Å². The minimum absolute atomic E-state index is 0.0169. The molecule has 3 rings (SSSR count). The molecule has 0 aliphatic heterocycles. The summed E-state index contributed by atoms with van der Waals surface area (Å²) in [5, 5.41) is 23.5. The van der Waals surface area contributed by atoms with Crippen LogP contribution in [0, 0.1) is 5.92 Å². The summed E-state index contributed by atoms with van der Waals surface area (Å²) in [6.45, 7) is 2.81. The highest BCUT2D eigenvalue weighted by molar-refractivity contribution is 5.87. The second-order valence-corrected chi connectivity index (χ2v) is 8.53. The number of fused-ring (bicyclic) bond motifs is 3. The van der Waals surface area contributed by atoms with Gasteiger partial charge in [0, 0.05) is 18.9 Å². The van der Waals surface area contributed by atoms with Crippen LogP contribution in [0.3, 0.4) is 0 Å². The first-order valence-electron chi connectivity index (χ1n) is 11.0. The zero-order valence-electron chi connectivity index (χ0n) is 18.8. The summed E-state index contributed by atoms with van der Waals surface area (Å²) < 4.78 is 5.51. The third kappa shape index (κ3) is 5.51. The van der Waals surface area contributed by atoms with Gasteiger partial charge in [-0.2, -0.15) is 0 Å². The number of nitrogens with one attached hydrogen (secondary N) is 2. The van der Waals surface area contributed by atoms with E-state index in [1.54, 1.807) is 0 Å². The molecule has 0 fully saturated rings. The summed E-state index contributed by atoms with van der Waals surface area (Å²) in [7, 11) is 0. The lowest BCUT2D eigenvalue weighted by Gasteiger charge is -2.25. The maximum Gasteiger partial charge on any atom is 0.407 e. The number of aliphatic hydroxyl groups excluding tert-OH is 1. The Bertz CT molecular complexity index is 978. The van der Waals surface area contributed by atoms with Gasteiger partial charge in [-0.25, -0.2) is 9.59 Å². The Hall–Kier alpha value is -3.39. The number of hydrogen-bond donors (Lipinski definition) is 4. The van der Waals surface area contributed by atoms with Gasteiger partial charge >= 0.3 is 12.1 Å². The number of benzene rings is 2. The van der Waals surface area contributed by atoms with E-state index in [0.717, 1.165) is 22.3 Å². The molecule has 8 heteroatoms. The quantitative estimate of drug-likeness (QED) is 0.438. The number of aliphatic hydroxyl groups is 1. The largest absolute Gasteiger partial charge is 0.479 e. The number of aliphatic carboxylic acids is 1. The molecule has 2 unspecified atom stereocenters. The molecule has 1 aliphatic carbocycles. The van der Waals surface area contributed by atoms with Crippen LogP contribution < -0.4 is 10.6 Å². The molecule has 0 aromatic heterocycles. The summed E-state index contributed by atoms with van der Waals surface area (Å²) in [5.41, 5.74) is 2.81. The fourth-order valence-corrected chi connectivity index (χ4v) is 4.02. The molecule has 0 spiro atoms.